The molecule has 4 aliphatic rings. The number of benzene rings is 2. The molecule has 4 atom stereocenters. The van der Waals surface area contributed by atoms with Crippen molar-refractivity contribution in [1.82, 2.24) is 4.90 Å². The van der Waals surface area contributed by atoms with Gasteiger partial charge in [-0.3, -0.25) is 9.69 Å². The maximum atomic E-state index is 15.7. The number of methoxy groups -OCH3 is 1. The number of ether oxygens (including phenoxy) is 2. The van der Waals surface area contributed by atoms with Gasteiger partial charge < -0.3 is 20.1 Å². The summed E-state index contributed by atoms with van der Waals surface area (Å²) in [4.78, 5) is 17.0. The molecule has 0 radical (unpaired) electrons. The number of allylic oxidation sites excluding steroid dienone is 2. The molecule has 2 N–H and O–H groups in total. The topological polar surface area (TPSA) is 68.0 Å². The van der Waals surface area contributed by atoms with Gasteiger partial charge in [-0.25, -0.2) is 4.39 Å². The molecule has 2 aromatic rings. The molecule has 212 valence electrons. The number of rotatable bonds is 9. The Labute approximate surface area is 236 Å². The second-order valence-corrected chi connectivity index (χ2v) is 11.8. The normalized spacial score (nSPS) is 29.8. The van der Waals surface area contributed by atoms with Gasteiger partial charge in [0.1, 0.15) is 11.9 Å². The molecule has 2 aromatic carbocycles. The third kappa shape index (κ3) is 5.00. The van der Waals surface area contributed by atoms with E-state index in [2.05, 4.69) is 42.2 Å². The molecule has 40 heavy (non-hydrogen) atoms. The number of morpholine rings is 1. The molecule has 6 rings (SSSR count). The fourth-order valence-electron chi connectivity index (χ4n) is 7.42. The van der Waals surface area contributed by atoms with E-state index in [0.717, 1.165) is 38.0 Å². The first-order valence-electron chi connectivity index (χ1n) is 14.6. The standard InChI is InChI=1S/C33H40FN3O3/c1-3-22-6-8-23(9-7-22)19-36-20-27-26(28(27)21-36)18-33(12-4-5-25(32(35)38)31(33)39-2)24-10-11-30(29(34)17-24)37-13-15-40-16-14-37/h4-12,17,26-28,31H,3,13-16,18-21H2,1-2H3,(H2,35,38). The molecular formula is C33H40FN3O3. The van der Waals surface area contributed by atoms with Crippen LogP contribution in [-0.4, -0.2) is 63.4 Å². The van der Waals surface area contributed by atoms with Gasteiger partial charge in [0.25, 0.3) is 0 Å². The number of nitrogens with two attached hydrogens (primary N) is 1. The Morgan fingerprint density at radius 3 is 2.42 bits per heavy atom. The summed E-state index contributed by atoms with van der Waals surface area (Å²) in [5.41, 5.74) is 9.71. The van der Waals surface area contributed by atoms with Gasteiger partial charge in [0, 0.05) is 50.8 Å². The van der Waals surface area contributed by atoms with Crippen molar-refractivity contribution in [3.05, 3.63) is 88.8 Å². The van der Waals surface area contributed by atoms with Crippen molar-refractivity contribution >= 4 is 11.6 Å². The number of hydrogen-bond acceptors (Lipinski definition) is 5. The molecule has 6 nitrogen and oxygen atoms in total. The Morgan fingerprint density at radius 1 is 1.10 bits per heavy atom. The summed E-state index contributed by atoms with van der Waals surface area (Å²) in [5, 5.41) is 0. The van der Waals surface area contributed by atoms with E-state index in [9.17, 15) is 4.79 Å². The van der Waals surface area contributed by atoms with E-state index in [0.29, 0.717) is 55.3 Å². The van der Waals surface area contributed by atoms with E-state index < -0.39 is 17.4 Å². The predicted octanol–water partition coefficient (Wildman–Crippen LogP) is 4.23. The van der Waals surface area contributed by atoms with Gasteiger partial charge in [-0.1, -0.05) is 55.5 Å². The van der Waals surface area contributed by atoms with E-state index in [1.807, 2.05) is 23.1 Å². The van der Waals surface area contributed by atoms with Crippen LogP contribution < -0.4 is 10.6 Å². The zero-order chi connectivity index (χ0) is 27.9. The van der Waals surface area contributed by atoms with Gasteiger partial charge in [-0.15, -0.1) is 0 Å². The van der Waals surface area contributed by atoms with Crippen LogP contribution in [0.1, 0.15) is 30.0 Å². The first-order chi connectivity index (χ1) is 19.4. The van der Waals surface area contributed by atoms with E-state index >= 15 is 4.39 Å². The second-order valence-electron chi connectivity index (χ2n) is 11.8. The number of anilines is 1. The molecule has 0 aromatic heterocycles. The highest BCUT2D eigenvalue weighted by molar-refractivity contribution is 5.94. The number of primary amides is 1. The second kappa shape index (κ2) is 11.1. The average Bonchev–Trinajstić information content (AvgIpc) is 3.40. The summed E-state index contributed by atoms with van der Waals surface area (Å²) < 4.78 is 27.1. The van der Waals surface area contributed by atoms with Crippen LogP contribution in [0, 0.1) is 23.6 Å². The van der Waals surface area contributed by atoms with Crippen molar-refractivity contribution in [2.24, 2.45) is 23.5 Å². The number of fused-ring (bicyclic) bond motifs is 1. The summed E-state index contributed by atoms with van der Waals surface area (Å²) in [6.45, 7) is 7.80. The van der Waals surface area contributed by atoms with Crippen LogP contribution in [0.3, 0.4) is 0 Å². The van der Waals surface area contributed by atoms with Crippen LogP contribution in [0.15, 0.2) is 66.3 Å². The lowest BCUT2D eigenvalue weighted by atomic mass is 9.66. The third-order valence-electron chi connectivity index (χ3n) is 9.63. The van der Waals surface area contributed by atoms with Gasteiger partial charge >= 0.3 is 0 Å². The highest BCUT2D eigenvalue weighted by atomic mass is 19.1. The Morgan fingerprint density at radius 2 is 1.80 bits per heavy atom. The van der Waals surface area contributed by atoms with Crippen LogP contribution in [0.2, 0.25) is 0 Å². The zero-order valence-electron chi connectivity index (χ0n) is 23.5. The molecule has 3 fully saturated rings. The monoisotopic (exact) mass is 545 g/mol. The fourth-order valence-corrected chi connectivity index (χ4v) is 7.42. The smallest absolute Gasteiger partial charge is 0.247 e. The van der Waals surface area contributed by atoms with E-state index in [4.69, 9.17) is 15.2 Å². The van der Waals surface area contributed by atoms with Crippen LogP contribution in [0.5, 0.6) is 0 Å². The molecule has 1 amide bonds. The summed E-state index contributed by atoms with van der Waals surface area (Å²) >= 11 is 0. The van der Waals surface area contributed by atoms with Gasteiger partial charge in [0.05, 0.1) is 18.9 Å². The molecule has 2 saturated heterocycles. The third-order valence-corrected chi connectivity index (χ3v) is 9.63. The van der Waals surface area contributed by atoms with Crippen LogP contribution >= 0.6 is 0 Å². The van der Waals surface area contributed by atoms with Crippen molar-refractivity contribution in [2.75, 3.05) is 51.4 Å². The minimum atomic E-state index is -0.673. The molecule has 2 aliphatic carbocycles. The van der Waals surface area contributed by atoms with E-state index in [1.54, 1.807) is 19.3 Å². The highest BCUT2D eigenvalue weighted by Gasteiger charge is 2.59. The quantitative estimate of drug-likeness (QED) is 0.511. The lowest BCUT2D eigenvalue weighted by molar-refractivity contribution is -0.116. The number of piperidine rings is 1. The lowest BCUT2D eigenvalue weighted by Crippen LogP contribution is -2.46. The average molecular weight is 546 g/mol. The van der Waals surface area contributed by atoms with Gasteiger partial charge in [0.15, 0.2) is 0 Å². The minimum Gasteiger partial charge on any atom is -0.378 e. The number of carbonyl (C=O) groups is 1. The molecule has 0 spiro atoms. The Bertz CT molecular complexity index is 1290. The van der Waals surface area contributed by atoms with Crippen LogP contribution in [0.4, 0.5) is 10.1 Å². The van der Waals surface area contributed by atoms with Crippen molar-refractivity contribution in [3.8, 4) is 0 Å². The first kappa shape index (κ1) is 27.2. The van der Waals surface area contributed by atoms with Crippen LogP contribution in [-0.2, 0) is 32.6 Å². The molecule has 7 heteroatoms. The molecule has 1 saturated carbocycles. The van der Waals surface area contributed by atoms with Crippen molar-refractivity contribution < 1.29 is 18.7 Å². The van der Waals surface area contributed by atoms with E-state index in [1.165, 1.54) is 11.1 Å². The first-order valence-corrected chi connectivity index (χ1v) is 14.6. The summed E-state index contributed by atoms with van der Waals surface area (Å²) in [7, 11) is 1.62. The van der Waals surface area contributed by atoms with Crippen LogP contribution in [0.25, 0.3) is 0 Å². The van der Waals surface area contributed by atoms with Crippen molar-refractivity contribution in [1.29, 1.82) is 0 Å². The number of nitrogens with zero attached hydrogens (tertiary/aromatic N) is 2. The summed E-state index contributed by atoms with van der Waals surface area (Å²) in [5.74, 6) is 0.919. The number of carbonyl (C=O) groups excluding carboxylic acids is 1. The minimum absolute atomic E-state index is 0.256. The lowest BCUT2D eigenvalue weighted by Gasteiger charge is -2.41. The predicted molar refractivity (Wildman–Crippen MR) is 155 cm³/mol. The molecule has 2 aliphatic heterocycles. The molecular weight excluding hydrogens is 505 g/mol. The molecule has 4 unspecified atom stereocenters. The number of amides is 1. The van der Waals surface area contributed by atoms with Gasteiger partial charge in [-0.05, 0) is 59.4 Å². The fraction of sp³-hybridized carbons (Fsp3) is 0.485. The Kier molecular flexibility index (Phi) is 7.55. The Hall–Kier alpha value is -3.00. The van der Waals surface area contributed by atoms with Crippen molar-refractivity contribution in [2.45, 2.75) is 37.8 Å². The molecule has 2 heterocycles. The number of likely N-dealkylation sites (tertiary alicyclic amines) is 1. The number of hydrogen-bond donors (Lipinski definition) is 1. The maximum absolute atomic E-state index is 15.7. The largest absolute Gasteiger partial charge is 0.378 e. The maximum Gasteiger partial charge on any atom is 0.247 e. The van der Waals surface area contributed by atoms with Crippen molar-refractivity contribution in [3.63, 3.8) is 0 Å². The highest BCUT2D eigenvalue weighted by Crippen LogP contribution is 2.59. The summed E-state index contributed by atoms with van der Waals surface area (Å²) in [6, 6.07) is 14.5. The van der Waals surface area contributed by atoms with Gasteiger partial charge in [0.2, 0.25) is 5.91 Å². The van der Waals surface area contributed by atoms with E-state index in [-0.39, 0.29) is 5.82 Å². The summed E-state index contributed by atoms with van der Waals surface area (Å²) in [6.07, 6.45) is 7.02. The SMILES string of the molecule is CCc1ccc(CN2CC3C(C2)C3CC2(c3ccc(N4CCOCC4)c(F)c3)C=CC=C(C(N)=O)C2OC)cc1. The number of halogens is 1. The zero-order valence-corrected chi connectivity index (χ0v) is 23.5. The Balaban J connectivity index is 1.23. The number of aryl methyl sites for hydroxylation is 1. The molecule has 0 bridgehead atoms. The van der Waals surface area contributed by atoms with Gasteiger partial charge in [-0.2, -0.15) is 0 Å².